The average Bonchev–Trinajstić information content (AvgIpc) is 3.07. The summed E-state index contributed by atoms with van der Waals surface area (Å²) in [6.07, 6.45) is 1.24. The SMILES string of the molecule is CN1CCC2(CC(C(=O)N[C@@H](CC(C)(F)F)C(=O)CC3(C#N)CC3)=NO2)C1. The molecule has 3 aliphatic rings. The minimum Gasteiger partial charge on any atom is -0.387 e. The number of likely N-dealkylation sites (tertiary alicyclic amines) is 1. The maximum atomic E-state index is 13.5. The maximum Gasteiger partial charge on any atom is 0.269 e. The van der Waals surface area contributed by atoms with Crippen molar-refractivity contribution in [3.05, 3.63) is 0 Å². The number of oxime groups is 1. The van der Waals surface area contributed by atoms with E-state index in [2.05, 4.69) is 21.4 Å². The second-order valence-electron chi connectivity index (χ2n) is 8.31. The second kappa shape index (κ2) is 6.82. The first-order chi connectivity index (χ1) is 12.6. The number of likely N-dealkylation sites (N-methyl/N-ethyl adjacent to an activating group) is 1. The number of Topliss-reactive ketones (excluding diaryl/α,β-unsaturated/α-hetero) is 1. The number of halogens is 2. The highest BCUT2D eigenvalue weighted by atomic mass is 19.3. The van der Waals surface area contributed by atoms with Gasteiger partial charge >= 0.3 is 0 Å². The Morgan fingerprint density at radius 2 is 2.15 bits per heavy atom. The van der Waals surface area contributed by atoms with Crippen molar-refractivity contribution in [3.8, 4) is 6.07 Å². The van der Waals surface area contributed by atoms with E-state index in [1.807, 2.05) is 7.05 Å². The Labute approximate surface area is 156 Å². The minimum absolute atomic E-state index is 0.115. The Bertz CT molecular complexity index is 708. The molecule has 1 spiro atoms. The number of hydrogen-bond acceptors (Lipinski definition) is 6. The van der Waals surface area contributed by atoms with Gasteiger partial charge in [-0.15, -0.1) is 0 Å². The molecule has 2 atom stereocenters. The summed E-state index contributed by atoms with van der Waals surface area (Å²) < 4.78 is 27.1. The largest absolute Gasteiger partial charge is 0.387 e. The average molecular weight is 382 g/mol. The van der Waals surface area contributed by atoms with Crippen LogP contribution in [0.2, 0.25) is 0 Å². The summed E-state index contributed by atoms with van der Waals surface area (Å²) in [5, 5.41) is 15.4. The smallest absolute Gasteiger partial charge is 0.269 e. The van der Waals surface area contributed by atoms with Gasteiger partial charge in [-0.3, -0.25) is 9.59 Å². The Kier molecular flexibility index (Phi) is 4.97. The van der Waals surface area contributed by atoms with Gasteiger partial charge in [0.2, 0.25) is 5.92 Å². The predicted molar refractivity (Wildman–Crippen MR) is 92.1 cm³/mol. The van der Waals surface area contributed by atoms with Crippen LogP contribution < -0.4 is 5.32 Å². The first-order valence-electron chi connectivity index (χ1n) is 9.12. The molecule has 2 aliphatic heterocycles. The summed E-state index contributed by atoms with van der Waals surface area (Å²) in [5.74, 6) is -4.33. The summed E-state index contributed by atoms with van der Waals surface area (Å²) >= 11 is 0. The third-order valence-corrected chi connectivity index (χ3v) is 5.47. The third kappa shape index (κ3) is 4.61. The van der Waals surface area contributed by atoms with Gasteiger partial charge in [-0.2, -0.15) is 5.26 Å². The van der Waals surface area contributed by atoms with Crippen LogP contribution in [0.4, 0.5) is 8.78 Å². The minimum atomic E-state index is -3.12. The summed E-state index contributed by atoms with van der Waals surface area (Å²) in [6.45, 7) is 2.16. The van der Waals surface area contributed by atoms with Gasteiger partial charge in [-0.05, 0) is 26.8 Å². The normalized spacial score (nSPS) is 27.6. The number of nitrogens with zero attached hydrogens (tertiary/aromatic N) is 3. The second-order valence-corrected chi connectivity index (χ2v) is 8.31. The summed E-state index contributed by atoms with van der Waals surface area (Å²) in [7, 11) is 1.94. The van der Waals surface area contributed by atoms with Crippen molar-refractivity contribution < 1.29 is 23.2 Å². The van der Waals surface area contributed by atoms with Crippen LogP contribution in [-0.2, 0) is 14.4 Å². The lowest BCUT2D eigenvalue weighted by atomic mass is 9.93. The highest BCUT2D eigenvalue weighted by Crippen LogP contribution is 2.48. The van der Waals surface area contributed by atoms with Crippen molar-refractivity contribution in [2.24, 2.45) is 10.6 Å². The standard InChI is InChI=1S/C18H24F2N4O3/c1-16(19,20)7-12(14(25)9-17(10-21)3-4-17)22-15(26)13-8-18(27-23-13)5-6-24(2)11-18/h12H,3-9,11H2,1-2H3,(H,22,26)/t12-,18?/m0/s1. The fourth-order valence-electron chi connectivity index (χ4n) is 3.69. The molecule has 1 N–H and O–H groups in total. The molecule has 148 valence electrons. The van der Waals surface area contributed by atoms with Crippen molar-refractivity contribution in [1.29, 1.82) is 5.26 Å². The first-order valence-corrected chi connectivity index (χ1v) is 9.12. The number of amides is 1. The molecule has 9 heteroatoms. The van der Waals surface area contributed by atoms with Crippen molar-refractivity contribution >= 4 is 17.4 Å². The molecular formula is C18H24F2N4O3. The molecule has 2 heterocycles. The highest BCUT2D eigenvalue weighted by molar-refractivity contribution is 6.39. The lowest BCUT2D eigenvalue weighted by molar-refractivity contribution is -0.128. The fourth-order valence-corrected chi connectivity index (χ4v) is 3.69. The molecule has 1 aliphatic carbocycles. The van der Waals surface area contributed by atoms with Gasteiger partial charge in [0.05, 0.1) is 17.5 Å². The Hall–Kier alpha value is -2.08. The lowest BCUT2D eigenvalue weighted by Gasteiger charge is -2.22. The zero-order valence-corrected chi connectivity index (χ0v) is 15.6. The van der Waals surface area contributed by atoms with Gasteiger partial charge in [0.1, 0.15) is 5.71 Å². The number of rotatable bonds is 7. The topological polar surface area (TPSA) is 94.8 Å². The van der Waals surface area contributed by atoms with Gasteiger partial charge in [0, 0.05) is 38.8 Å². The molecule has 1 unspecified atom stereocenters. The molecule has 0 radical (unpaired) electrons. The molecule has 27 heavy (non-hydrogen) atoms. The van der Waals surface area contributed by atoms with Gasteiger partial charge in [-0.1, -0.05) is 5.16 Å². The molecule has 0 aromatic rings. The first kappa shape index (κ1) is 19.7. The van der Waals surface area contributed by atoms with E-state index in [0.29, 0.717) is 26.3 Å². The third-order valence-electron chi connectivity index (χ3n) is 5.47. The monoisotopic (exact) mass is 382 g/mol. The zero-order chi connectivity index (χ0) is 19.9. The summed E-state index contributed by atoms with van der Waals surface area (Å²) in [6, 6.07) is 0.724. The van der Waals surface area contributed by atoms with Crippen LogP contribution in [0.3, 0.4) is 0 Å². The van der Waals surface area contributed by atoms with E-state index in [0.717, 1.165) is 13.0 Å². The Balaban J connectivity index is 1.64. The molecule has 0 bridgehead atoms. The van der Waals surface area contributed by atoms with Crippen LogP contribution in [0.25, 0.3) is 0 Å². The van der Waals surface area contributed by atoms with Gasteiger partial charge < -0.3 is 15.1 Å². The maximum absolute atomic E-state index is 13.5. The number of nitriles is 1. The lowest BCUT2D eigenvalue weighted by Crippen LogP contribution is -2.47. The molecule has 0 aromatic carbocycles. The van der Waals surface area contributed by atoms with E-state index in [4.69, 9.17) is 10.1 Å². The van der Waals surface area contributed by atoms with Crippen molar-refractivity contribution in [3.63, 3.8) is 0 Å². The molecule has 3 rings (SSSR count). The number of carbonyl (C=O) groups is 2. The van der Waals surface area contributed by atoms with Crippen LogP contribution in [0.5, 0.6) is 0 Å². The van der Waals surface area contributed by atoms with Crippen LogP contribution in [0.1, 0.15) is 45.4 Å². The van der Waals surface area contributed by atoms with E-state index in [1.165, 1.54) is 0 Å². The highest BCUT2D eigenvalue weighted by Gasteiger charge is 2.48. The Morgan fingerprint density at radius 1 is 1.44 bits per heavy atom. The van der Waals surface area contributed by atoms with Gasteiger partial charge in [0.25, 0.3) is 5.91 Å². The number of ketones is 1. The number of alkyl halides is 2. The molecule has 2 fully saturated rings. The summed E-state index contributed by atoms with van der Waals surface area (Å²) in [5.41, 5.74) is -1.19. The number of carbonyl (C=O) groups excluding carboxylic acids is 2. The van der Waals surface area contributed by atoms with E-state index in [-0.39, 0.29) is 18.6 Å². The van der Waals surface area contributed by atoms with E-state index in [1.54, 1.807) is 0 Å². The van der Waals surface area contributed by atoms with Crippen LogP contribution in [0, 0.1) is 16.7 Å². The van der Waals surface area contributed by atoms with E-state index in [9.17, 15) is 18.4 Å². The molecule has 7 nitrogen and oxygen atoms in total. The van der Waals surface area contributed by atoms with Crippen molar-refractivity contribution in [1.82, 2.24) is 10.2 Å². The van der Waals surface area contributed by atoms with Crippen LogP contribution >= 0.6 is 0 Å². The van der Waals surface area contributed by atoms with Crippen molar-refractivity contribution in [2.45, 2.75) is 63.0 Å². The molecule has 0 aromatic heterocycles. The quantitative estimate of drug-likeness (QED) is 0.722. The number of hydrogen-bond donors (Lipinski definition) is 1. The molecule has 1 amide bonds. The van der Waals surface area contributed by atoms with Crippen LogP contribution in [-0.4, -0.2) is 60.0 Å². The van der Waals surface area contributed by atoms with Crippen molar-refractivity contribution in [2.75, 3.05) is 20.1 Å². The van der Waals surface area contributed by atoms with Gasteiger partial charge in [0.15, 0.2) is 11.4 Å². The van der Waals surface area contributed by atoms with Crippen LogP contribution in [0.15, 0.2) is 5.16 Å². The Morgan fingerprint density at radius 3 is 2.67 bits per heavy atom. The zero-order valence-electron chi connectivity index (χ0n) is 15.6. The fraction of sp³-hybridized carbons (Fsp3) is 0.778. The summed E-state index contributed by atoms with van der Waals surface area (Å²) in [4.78, 5) is 32.6. The molecule has 1 saturated heterocycles. The predicted octanol–water partition coefficient (Wildman–Crippen LogP) is 1.63. The van der Waals surface area contributed by atoms with E-state index >= 15 is 0 Å². The van der Waals surface area contributed by atoms with E-state index < -0.39 is 41.1 Å². The van der Waals surface area contributed by atoms with Gasteiger partial charge in [-0.25, -0.2) is 8.78 Å². The molecular weight excluding hydrogens is 358 g/mol. The number of nitrogens with one attached hydrogen (secondary N) is 1. The molecule has 1 saturated carbocycles.